The molecule has 0 saturated carbocycles. The second-order valence-corrected chi connectivity index (χ2v) is 8.79. The first-order valence-corrected chi connectivity index (χ1v) is 12.4. The molecule has 36 heavy (non-hydrogen) atoms. The third-order valence-corrected chi connectivity index (χ3v) is 6.40. The molecule has 2 aromatic carbocycles. The van der Waals surface area contributed by atoms with Crippen LogP contribution in [0.2, 0.25) is 0 Å². The number of morpholine rings is 1. The average molecular weight is 493 g/mol. The Kier molecular flexibility index (Phi) is 8.61. The second-order valence-electron chi connectivity index (χ2n) is 8.79. The van der Waals surface area contributed by atoms with E-state index < -0.39 is 6.03 Å². The zero-order chi connectivity index (χ0) is 25.5. The van der Waals surface area contributed by atoms with Gasteiger partial charge in [-0.3, -0.25) is 9.91 Å². The first-order chi connectivity index (χ1) is 17.5. The zero-order valence-electron chi connectivity index (χ0n) is 20.9. The largest absolute Gasteiger partial charge is 0.493 e. The number of aryl methyl sites for hydroxylation is 1. The van der Waals surface area contributed by atoms with Crippen molar-refractivity contribution in [1.29, 1.82) is 0 Å². The van der Waals surface area contributed by atoms with E-state index in [1.165, 1.54) is 0 Å². The van der Waals surface area contributed by atoms with Crippen molar-refractivity contribution >= 4 is 22.6 Å². The molecule has 1 fully saturated rings. The molecule has 1 saturated heterocycles. The molecule has 0 radical (unpaired) electrons. The van der Waals surface area contributed by atoms with Crippen molar-refractivity contribution in [3.8, 4) is 17.0 Å². The highest BCUT2D eigenvalue weighted by molar-refractivity contribution is 5.91. The van der Waals surface area contributed by atoms with E-state index in [0.29, 0.717) is 12.3 Å². The molecule has 0 aliphatic carbocycles. The van der Waals surface area contributed by atoms with Gasteiger partial charge in [-0.15, -0.1) is 6.58 Å². The van der Waals surface area contributed by atoms with Gasteiger partial charge >= 0.3 is 6.03 Å². The number of nitrogens with zero attached hydrogens (tertiary/aromatic N) is 4. The minimum absolute atomic E-state index is 0.209. The van der Waals surface area contributed by atoms with Crippen LogP contribution in [0.1, 0.15) is 13.3 Å². The SMILES string of the molecule is C=CCN(N)C(=O)N(N)c1ccc(-c2cc3ccc(OCCCN4CCOCC4)cc3n2CC)cc1. The van der Waals surface area contributed by atoms with Crippen LogP contribution in [0.4, 0.5) is 10.5 Å². The van der Waals surface area contributed by atoms with Gasteiger partial charge in [-0.05, 0) is 49.2 Å². The maximum absolute atomic E-state index is 12.3. The van der Waals surface area contributed by atoms with Crippen molar-refractivity contribution in [3.63, 3.8) is 0 Å². The van der Waals surface area contributed by atoms with Crippen molar-refractivity contribution in [3.05, 3.63) is 61.2 Å². The van der Waals surface area contributed by atoms with E-state index in [9.17, 15) is 4.79 Å². The topological polar surface area (TPSA) is 102 Å². The highest BCUT2D eigenvalue weighted by Crippen LogP contribution is 2.31. The van der Waals surface area contributed by atoms with Gasteiger partial charge in [0.2, 0.25) is 0 Å². The van der Waals surface area contributed by atoms with Gasteiger partial charge in [0.25, 0.3) is 0 Å². The first-order valence-electron chi connectivity index (χ1n) is 12.4. The van der Waals surface area contributed by atoms with Crippen molar-refractivity contribution < 1.29 is 14.3 Å². The van der Waals surface area contributed by atoms with Crippen LogP contribution in [-0.4, -0.2) is 66.5 Å². The van der Waals surface area contributed by atoms with Crippen LogP contribution in [0.15, 0.2) is 61.2 Å². The fourth-order valence-corrected chi connectivity index (χ4v) is 4.47. The van der Waals surface area contributed by atoms with Gasteiger partial charge in [-0.1, -0.05) is 18.2 Å². The van der Waals surface area contributed by atoms with Gasteiger partial charge in [0.15, 0.2) is 0 Å². The van der Waals surface area contributed by atoms with Crippen molar-refractivity contribution in [2.24, 2.45) is 11.7 Å². The summed E-state index contributed by atoms with van der Waals surface area (Å²) in [6.07, 6.45) is 2.53. The summed E-state index contributed by atoms with van der Waals surface area (Å²) >= 11 is 0. The monoisotopic (exact) mass is 492 g/mol. The number of anilines is 1. The number of urea groups is 1. The maximum Gasteiger partial charge on any atom is 0.353 e. The molecule has 9 nitrogen and oxygen atoms in total. The number of ether oxygens (including phenoxy) is 2. The van der Waals surface area contributed by atoms with Gasteiger partial charge in [-0.2, -0.15) is 0 Å². The number of hydrazine groups is 2. The zero-order valence-corrected chi connectivity index (χ0v) is 20.9. The summed E-state index contributed by atoms with van der Waals surface area (Å²) in [5.74, 6) is 12.6. The molecule has 0 bridgehead atoms. The quantitative estimate of drug-likeness (QED) is 0.147. The van der Waals surface area contributed by atoms with Crippen LogP contribution >= 0.6 is 0 Å². The summed E-state index contributed by atoms with van der Waals surface area (Å²) in [6.45, 7) is 12.1. The fourth-order valence-electron chi connectivity index (χ4n) is 4.47. The predicted octanol–water partition coefficient (Wildman–Crippen LogP) is 3.59. The standard InChI is InChI=1S/C27H36N6O3/c1-3-12-32(28)27(34)33(29)23-9-6-21(7-10-23)25-19-22-8-11-24(20-26(22)31(25)4-2)36-16-5-13-30-14-17-35-18-15-30/h3,6-11,19-20H,1,4-5,12-18,28-29H2,2H3. The van der Waals surface area contributed by atoms with Crippen molar-refractivity contribution in [2.45, 2.75) is 19.9 Å². The molecule has 4 rings (SSSR count). The number of carbonyl (C=O) groups excluding carboxylic acids is 1. The molecule has 3 aromatic rings. The number of fused-ring (bicyclic) bond motifs is 1. The van der Waals surface area contributed by atoms with Gasteiger partial charge in [-0.25, -0.2) is 21.5 Å². The Hall–Kier alpha value is -3.37. The van der Waals surface area contributed by atoms with E-state index in [-0.39, 0.29) is 6.54 Å². The van der Waals surface area contributed by atoms with Crippen LogP contribution in [0.5, 0.6) is 5.75 Å². The number of hydrogen-bond acceptors (Lipinski definition) is 6. The average Bonchev–Trinajstić information content (AvgIpc) is 3.29. The van der Waals surface area contributed by atoms with E-state index >= 15 is 0 Å². The molecular weight excluding hydrogens is 456 g/mol. The molecule has 2 heterocycles. The lowest BCUT2D eigenvalue weighted by Gasteiger charge is -2.26. The number of aromatic nitrogens is 1. The molecule has 1 aromatic heterocycles. The Balaban J connectivity index is 1.45. The van der Waals surface area contributed by atoms with E-state index in [2.05, 4.69) is 41.2 Å². The Morgan fingerprint density at radius 3 is 2.58 bits per heavy atom. The molecule has 0 spiro atoms. The summed E-state index contributed by atoms with van der Waals surface area (Å²) in [7, 11) is 0. The molecule has 9 heteroatoms. The summed E-state index contributed by atoms with van der Waals surface area (Å²) in [5, 5.41) is 3.19. The molecule has 1 aliphatic rings. The Labute approximate surface area is 212 Å². The maximum atomic E-state index is 12.3. The van der Waals surface area contributed by atoms with Crippen LogP contribution in [-0.2, 0) is 11.3 Å². The van der Waals surface area contributed by atoms with Gasteiger partial charge in [0.1, 0.15) is 5.75 Å². The number of rotatable bonds is 10. The van der Waals surface area contributed by atoms with Gasteiger partial charge in [0.05, 0.1) is 37.6 Å². The Bertz CT molecular complexity index is 1170. The normalized spacial score (nSPS) is 14.1. The molecular formula is C27H36N6O3. The second kappa shape index (κ2) is 12.0. The third-order valence-electron chi connectivity index (χ3n) is 6.40. The smallest absolute Gasteiger partial charge is 0.353 e. The van der Waals surface area contributed by atoms with Crippen LogP contribution in [0.25, 0.3) is 22.2 Å². The minimum Gasteiger partial charge on any atom is -0.493 e. The number of amides is 2. The lowest BCUT2D eigenvalue weighted by Crippen LogP contribution is -2.50. The third kappa shape index (κ3) is 5.88. The van der Waals surface area contributed by atoms with Crippen molar-refractivity contribution in [2.75, 3.05) is 51.0 Å². The molecule has 1 aliphatic heterocycles. The van der Waals surface area contributed by atoms with E-state index in [1.807, 2.05) is 30.3 Å². The molecule has 4 N–H and O–H groups in total. The van der Waals surface area contributed by atoms with E-state index in [4.69, 9.17) is 21.2 Å². The van der Waals surface area contributed by atoms with Crippen LogP contribution in [0.3, 0.4) is 0 Å². The minimum atomic E-state index is -0.511. The van der Waals surface area contributed by atoms with Crippen molar-refractivity contribution in [1.82, 2.24) is 14.5 Å². The Morgan fingerprint density at radius 2 is 1.89 bits per heavy atom. The molecule has 0 unspecified atom stereocenters. The summed E-state index contributed by atoms with van der Waals surface area (Å²) < 4.78 is 13.8. The summed E-state index contributed by atoms with van der Waals surface area (Å²) in [5.41, 5.74) is 3.79. The van der Waals surface area contributed by atoms with Gasteiger partial charge in [0, 0.05) is 43.3 Å². The predicted molar refractivity (Wildman–Crippen MR) is 144 cm³/mol. The number of carbonyl (C=O) groups is 1. The first kappa shape index (κ1) is 25.7. The molecule has 0 atom stereocenters. The fraction of sp³-hybridized carbons (Fsp3) is 0.370. The van der Waals surface area contributed by atoms with Crippen LogP contribution < -0.4 is 21.4 Å². The molecule has 2 amide bonds. The highest BCUT2D eigenvalue weighted by Gasteiger charge is 2.17. The Morgan fingerprint density at radius 1 is 1.14 bits per heavy atom. The lowest BCUT2D eigenvalue weighted by atomic mass is 10.1. The highest BCUT2D eigenvalue weighted by atomic mass is 16.5. The summed E-state index contributed by atoms with van der Waals surface area (Å²) in [6, 6.07) is 15.5. The summed E-state index contributed by atoms with van der Waals surface area (Å²) in [4.78, 5) is 14.8. The molecule has 192 valence electrons. The number of hydrogen-bond donors (Lipinski definition) is 2. The van der Waals surface area contributed by atoms with E-state index in [1.54, 1.807) is 6.08 Å². The number of nitrogens with two attached hydrogens (primary N) is 2. The van der Waals surface area contributed by atoms with E-state index in [0.717, 1.165) is 83.7 Å². The van der Waals surface area contributed by atoms with Gasteiger partial charge < -0.3 is 14.0 Å². The lowest BCUT2D eigenvalue weighted by molar-refractivity contribution is 0.0358. The number of benzene rings is 2. The van der Waals surface area contributed by atoms with Crippen LogP contribution in [0, 0.1) is 0 Å².